The van der Waals surface area contributed by atoms with E-state index >= 15 is 0 Å². The first-order valence-electron chi connectivity index (χ1n) is 8.16. The monoisotopic (exact) mass is 292 g/mol. The predicted molar refractivity (Wildman–Crippen MR) is 85.7 cm³/mol. The summed E-state index contributed by atoms with van der Waals surface area (Å²) in [5, 5.41) is 8.83. The van der Waals surface area contributed by atoms with E-state index < -0.39 is 6.16 Å². The second-order valence-corrected chi connectivity index (χ2v) is 5.59. The molecule has 118 valence electrons. The van der Waals surface area contributed by atoms with Gasteiger partial charge in [-0.25, -0.2) is 4.79 Å². The molecule has 1 N–H and O–H groups in total. The molecule has 0 aromatic heterocycles. The summed E-state index contributed by atoms with van der Waals surface area (Å²) < 4.78 is 5.02. The van der Waals surface area contributed by atoms with Gasteiger partial charge in [0.1, 0.15) is 6.10 Å². The van der Waals surface area contributed by atoms with Crippen molar-refractivity contribution in [2.75, 3.05) is 0 Å². The molecule has 1 aromatic rings. The summed E-state index contributed by atoms with van der Waals surface area (Å²) in [5.74, 6) is 0. The molecular formula is C18H28O3. The number of carboxylic acid groups (broad SMARTS) is 1. The normalized spacial score (nSPS) is 12.0. The standard InChI is InChI=1S/C18H28O3/c1-2-3-4-5-6-10-13-17(21-18(19)20)15-14-16-11-8-7-9-12-16/h7-9,11-12,17H,2-6,10,13-15H2,1H3,(H,19,20). The first-order valence-corrected chi connectivity index (χ1v) is 8.16. The lowest BCUT2D eigenvalue weighted by molar-refractivity contribution is 0.0435. The molecule has 0 aliphatic heterocycles. The highest BCUT2D eigenvalue weighted by atomic mass is 16.7. The van der Waals surface area contributed by atoms with Crippen LogP contribution in [0, 0.1) is 0 Å². The van der Waals surface area contributed by atoms with Crippen molar-refractivity contribution < 1.29 is 14.6 Å². The number of carbonyl (C=O) groups is 1. The van der Waals surface area contributed by atoms with E-state index in [4.69, 9.17) is 9.84 Å². The Kier molecular flexibility index (Phi) is 9.34. The number of rotatable bonds is 11. The predicted octanol–water partition coefficient (Wildman–Crippen LogP) is 5.43. The Bertz CT molecular complexity index is 375. The first kappa shape index (κ1) is 17.5. The molecule has 21 heavy (non-hydrogen) atoms. The smallest absolute Gasteiger partial charge is 0.450 e. The van der Waals surface area contributed by atoms with Crippen LogP contribution in [0.2, 0.25) is 0 Å². The van der Waals surface area contributed by atoms with E-state index in [1.54, 1.807) is 0 Å². The molecule has 1 unspecified atom stereocenters. The van der Waals surface area contributed by atoms with Crippen LogP contribution in [0.5, 0.6) is 0 Å². The van der Waals surface area contributed by atoms with Crippen molar-refractivity contribution in [1.82, 2.24) is 0 Å². The zero-order valence-electron chi connectivity index (χ0n) is 13.1. The van der Waals surface area contributed by atoms with Gasteiger partial charge in [-0.2, -0.15) is 0 Å². The Hall–Kier alpha value is -1.51. The topological polar surface area (TPSA) is 46.5 Å². The number of unbranched alkanes of at least 4 members (excludes halogenated alkanes) is 5. The van der Waals surface area contributed by atoms with Crippen LogP contribution in [0.15, 0.2) is 30.3 Å². The average Bonchev–Trinajstić information content (AvgIpc) is 2.48. The highest BCUT2D eigenvalue weighted by molar-refractivity contribution is 5.57. The maximum absolute atomic E-state index is 10.8. The highest BCUT2D eigenvalue weighted by Crippen LogP contribution is 2.15. The van der Waals surface area contributed by atoms with Crippen molar-refractivity contribution in [3.05, 3.63) is 35.9 Å². The van der Waals surface area contributed by atoms with E-state index in [9.17, 15) is 4.79 Å². The van der Waals surface area contributed by atoms with Crippen molar-refractivity contribution in [2.24, 2.45) is 0 Å². The second-order valence-electron chi connectivity index (χ2n) is 5.59. The van der Waals surface area contributed by atoms with Crippen LogP contribution in [0.25, 0.3) is 0 Å². The SMILES string of the molecule is CCCCCCCCC(CCc1ccccc1)OC(=O)O. The van der Waals surface area contributed by atoms with Gasteiger partial charge in [-0.1, -0.05) is 69.4 Å². The second kappa shape index (κ2) is 11.2. The van der Waals surface area contributed by atoms with Gasteiger partial charge < -0.3 is 9.84 Å². The van der Waals surface area contributed by atoms with E-state index in [1.165, 1.54) is 37.7 Å². The minimum absolute atomic E-state index is 0.172. The molecular weight excluding hydrogens is 264 g/mol. The van der Waals surface area contributed by atoms with Gasteiger partial charge in [0.15, 0.2) is 0 Å². The van der Waals surface area contributed by atoms with Gasteiger partial charge in [-0.05, 0) is 31.2 Å². The highest BCUT2D eigenvalue weighted by Gasteiger charge is 2.13. The van der Waals surface area contributed by atoms with Crippen LogP contribution in [-0.2, 0) is 11.2 Å². The fourth-order valence-corrected chi connectivity index (χ4v) is 2.53. The third kappa shape index (κ3) is 9.11. The number of hydrogen-bond acceptors (Lipinski definition) is 2. The maximum atomic E-state index is 10.8. The van der Waals surface area contributed by atoms with Gasteiger partial charge in [0.25, 0.3) is 0 Å². The van der Waals surface area contributed by atoms with Gasteiger partial charge >= 0.3 is 6.16 Å². The molecule has 1 atom stereocenters. The molecule has 0 saturated carbocycles. The summed E-state index contributed by atoms with van der Waals surface area (Å²) in [7, 11) is 0. The molecule has 1 rings (SSSR count). The third-order valence-corrected chi connectivity index (χ3v) is 3.74. The summed E-state index contributed by atoms with van der Waals surface area (Å²) in [6.45, 7) is 2.21. The molecule has 0 heterocycles. The van der Waals surface area contributed by atoms with Crippen LogP contribution >= 0.6 is 0 Å². The van der Waals surface area contributed by atoms with Crippen molar-refractivity contribution in [1.29, 1.82) is 0 Å². The summed E-state index contributed by atoms with van der Waals surface area (Å²) in [4.78, 5) is 10.8. The molecule has 0 bridgehead atoms. The summed E-state index contributed by atoms with van der Waals surface area (Å²) in [5.41, 5.74) is 1.24. The lowest BCUT2D eigenvalue weighted by atomic mass is 10.0. The van der Waals surface area contributed by atoms with E-state index in [1.807, 2.05) is 18.2 Å². The van der Waals surface area contributed by atoms with Crippen molar-refractivity contribution >= 4 is 6.16 Å². The molecule has 0 aliphatic carbocycles. The number of hydrogen-bond donors (Lipinski definition) is 1. The fraction of sp³-hybridized carbons (Fsp3) is 0.611. The van der Waals surface area contributed by atoms with Crippen LogP contribution in [0.1, 0.15) is 63.9 Å². The Morgan fingerprint density at radius 3 is 2.38 bits per heavy atom. The lowest BCUT2D eigenvalue weighted by Crippen LogP contribution is -2.17. The quantitative estimate of drug-likeness (QED) is 0.437. The fourth-order valence-electron chi connectivity index (χ4n) is 2.53. The van der Waals surface area contributed by atoms with Crippen LogP contribution in [-0.4, -0.2) is 17.4 Å². The van der Waals surface area contributed by atoms with Gasteiger partial charge in [-0.3, -0.25) is 0 Å². The largest absolute Gasteiger partial charge is 0.506 e. The van der Waals surface area contributed by atoms with Crippen LogP contribution in [0.4, 0.5) is 4.79 Å². The number of aryl methyl sites for hydroxylation is 1. The van der Waals surface area contributed by atoms with Gasteiger partial charge in [-0.15, -0.1) is 0 Å². The average molecular weight is 292 g/mol. The van der Waals surface area contributed by atoms with Crippen LogP contribution < -0.4 is 0 Å². The van der Waals surface area contributed by atoms with Crippen molar-refractivity contribution in [3.63, 3.8) is 0 Å². The molecule has 0 fully saturated rings. The Labute approximate surface area is 128 Å². The summed E-state index contributed by atoms with van der Waals surface area (Å²) >= 11 is 0. The van der Waals surface area contributed by atoms with Gasteiger partial charge in [0, 0.05) is 0 Å². The molecule has 0 aliphatic rings. The van der Waals surface area contributed by atoms with E-state index in [-0.39, 0.29) is 6.10 Å². The number of benzene rings is 1. The molecule has 0 amide bonds. The van der Waals surface area contributed by atoms with Crippen molar-refractivity contribution in [2.45, 2.75) is 70.8 Å². The first-order chi connectivity index (χ1) is 10.2. The van der Waals surface area contributed by atoms with Crippen LogP contribution in [0.3, 0.4) is 0 Å². The Morgan fingerprint density at radius 1 is 1.05 bits per heavy atom. The molecule has 0 radical (unpaired) electrons. The minimum atomic E-state index is -1.15. The van der Waals surface area contributed by atoms with Crippen molar-refractivity contribution in [3.8, 4) is 0 Å². The third-order valence-electron chi connectivity index (χ3n) is 3.74. The van der Waals surface area contributed by atoms with E-state index in [0.29, 0.717) is 0 Å². The van der Waals surface area contributed by atoms with E-state index in [2.05, 4.69) is 19.1 Å². The number of ether oxygens (including phenoxy) is 1. The van der Waals surface area contributed by atoms with Gasteiger partial charge in [0.05, 0.1) is 0 Å². The molecule has 0 saturated heterocycles. The van der Waals surface area contributed by atoms with E-state index in [0.717, 1.165) is 25.7 Å². The zero-order chi connectivity index (χ0) is 15.3. The Morgan fingerprint density at radius 2 is 1.71 bits per heavy atom. The Balaban J connectivity index is 2.25. The minimum Gasteiger partial charge on any atom is -0.450 e. The molecule has 0 spiro atoms. The summed E-state index contributed by atoms with van der Waals surface area (Å²) in [6.07, 6.45) is 8.45. The summed E-state index contributed by atoms with van der Waals surface area (Å²) in [6, 6.07) is 10.2. The maximum Gasteiger partial charge on any atom is 0.506 e. The van der Waals surface area contributed by atoms with Gasteiger partial charge in [0.2, 0.25) is 0 Å². The molecule has 1 aromatic carbocycles. The molecule has 3 heteroatoms. The zero-order valence-corrected chi connectivity index (χ0v) is 13.1. The molecule has 3 nitrogen and oxygen atoms in total. The lowest BCUT2D eigenvalue weighted by Gasteiger charge is -2.16.